The molecule has 130 valence electrons. The van der Waals surface area contributed by atoms with Gasteiger partial charge in [0, 0.05) is 16.8 Å². The van der Waals surface area contributed by atoms with Gasteiger partial charge in [-0.15, -0.1) is 0 Å². The van der Waals surface area contributed by atoms with Crippen molar-refractivity contribution in [3.8, 4) is 0 Å². The summed E-state index contributed by atoms with van der Waals surface area (Å²) in [7, 11) is 0. The van der Waals surface area contributed by atoms with E-state index in [0.29, 0.717) is 16.8 Å². The number of carbonyl (C=O) groups is 2. The average Bonchev–Trinajstić information content (AvgIpc) is 2.69. The van der Waals surface area contributed by atoms with Gasteiger partial charge >= 0.3 is 0 Å². The third-order valence-corrected chi connectivity index (χ3v) is 4.19. The molecule has 0 aliphatic heterocycles. The number of anilines is 1. The van der Waals surface area contributed by atoms with E-state index in [2.05, 4.69) is 5.32 Å². The summed E-state index contributed by atoms with van der Waals surface area (Å²) in [6.07, 6.45) is 0. The van der Waals surface area contributed by atoms with E-state index >= 15 is 0 Å². The lowest BCUT2D eigenvalue weighted by molar-refractivity contribution is -0.117. The molecule has 0 heterocycles. The van der Waals surface area contributed by atoms with Crippen LogP contribution in [-0.2, 0) is 4.79 Å². The zero-order valence-electron chi connectivity index (χ0n) is 14.3. The third-order valence-electron chi connectivity index (χ3n) is 4.19. The van der Waals surface area contributed by atoms with E-state index in [0.717, 1.165) is 5.56 Å². The first-order valence-electron chi connectivity index (χ1n) is 8.31. The van der Waals surface area contributed by atoms with Crippen LogP contribution in [0.2, 0.25) is 0 Å². The topological polar surface area (TPSA) is 46.2 Å². The molecule has 0 aliphatic carbocycles. The second-order valence-corrected chi connectivity index (χ2v) is 6.04. The van der Waals surface area contributed by atoms with Gasteiger partial charge in [-0.05, 0) is 42.8 Å². The van der Waals surface area contributed by atoms with Gasteiger partial charge in [0.25, 0.3) is 0 Å². The molecule has 26 heavy (non-hydrogen) atoms. The molecule has 3 aromatic rings. The molecule has 0 saturated carbocycles. The Labute approximate surface area is 151 Å². The molecule has 0 bridgehead atoms. The van der Waals surface area contributed by atoms with Crippen LogP contribution in [0.15, 0.2) is 78.9 Å². The van der Waals surface area contributed by atoms with Gasteiger partial charge in [0.15, 0.2) is 5.78 Å². The molecule has 0 fully saturated rings. The highest BCUT2D eigenvalue weighted by molar-refractivity contribution is 6.09. The van der Waals surface area contributed by atoms with Crippen molar-refractivity contribution in [3.63, 3.8) is 0 Å². The average molecular weight is 347 g/mol. The van der Waals surface area contributed by atoms with Gasteiger partial charge in [0.2, 0.25) is 5.91 Å². The molecule has 1 N–H and O–H groups in total. The van der Waals surface area contributed by atoms with Crippen LogP contribution in [0.1, 0.15) is 34.3 Å². The quantitative estimate of drug-likeness (QED) is 0.674. The summed E-state index contributed by atoms with van der Waals surface area (Å²) in [5, 5.41) is 2.76. The fourth-order valence-corrected chi connectivity index (χ4v) is 2.64. The Hall–Kier alpha value is -3.27. The molecule has 4 heteroatoms. The third kappa shape index (κ3) is 4.03. The zero-order valence-corrected chi connectivity index (χ0v) is 14.3. The number of ketones is 1. The fourth-order valence-electron chi connectivity index (χ4n) is 2.64. The van der Waals surface area contributed by atoms with Crippen LogP contribution in [0.3, 0.4) is 0 Å². The predicted octanol–water partition coefficient (Wildman–Crippen LogP) is 4.80. The van der Waals surface area contributed by atoms with Crippen molar-refractivity contribution in [1.82, 2.24) is 0 Å². The summed E-state index contributed by atoms with van der Waals surface area (Å²) in [5.74, 6) is -1.12. The molecule has 1 atom stereocenters. The van der Waals surface area contributed by atoms with Crippen molar-refractivity contribution in [2.45, 2.75) is 12.8 Å². The Morgan fingerprint density at radius 2 is 1.50 bits per heavy atom. The molecule has 0 unspecified atom stereocenters. The molecule has 0 spiro atoms. The van der Waals surface area contributed by atoms with Gasteiger partial charge in [-0.25, -0.2) is 4.39 Å². The van der Waals surface area contributed by atoms with Gasteiger partial charge in [0.1, 0.15) is 5.82 Å². The van der Waals surface area contributed by atoms with Gasteiger partial charge in [-0.3, -0.25) is 9.59 Å². The normalized spacial score (nSPS) is 11.6. The fraction of sp³-hybridized carbons (Fsp3) is 0.0909. The molecule has 1 amide bonds. The van der Waals surface area contributed by atoms with Crippen molar-refractivity contribution in [2.75, 3.05) is 5.32 Å². The monoisotopic (exact) mass is 347 g/mol. The highest BCUT2D eigenvalue weighted by Gasteiger charge is 2.17. The highest BCUT2D eigenvalue weighted by Crippen LogP contribution is 2.21. The Morgan fingerprint density at radius 1 is 0.846 bits per heavy atom. The minimum absolute atomic E-state index is 0.0846. The van der Waals surface area contributed by atoms with Crippen LogP contribution >= 0.6 is 0 Å². The maximum absolute atomic E-state index is 13.0. The summed E-state index contributed by atoms with van der Waals surface area (Å²) < 4.78 is 13.0. The molecule has 0 aliphatic rings. The van der Waals surface area contributed by atoms with Crippen LogP contribution in [0, 0.1) is 5.82 Å². The van der Waals surface area contributed by atoms with E-state index in [1.54, 1.807) is 37.3 Å². The second-order valence-electron chi connectivity index (χ2n) is 6.04. The Morgan fingerprint density at radius 3 is 2.19 bits per heavy atom. The van der Waals surface area contributed by atoms with E-state index in [4.69, 9.17) is 0 Å². The number of halogens is 1. The largest absolute Gasteiger partial charge is 0.326 e. The number of amides is 1. The molecule has 0 aromatic heterocycles. The summed E-state index contributed by atoms with van der Waals surface area (Å²) >= 11 is 0. The summed E-state index contributed by atoms with van der Waals surface area (Å²) in [6, 6.07) is 21.7. The van der Waals surface area contributed by atoms with Crippen LogP contribution in [0.5, 0.6) is 0 Å². The number of nitrogens with one attached hydrogen (secondary N) is 1. The second kappa shape index (κ2) is 7.74. The van der Waals surface area contributed by atoms with Crippen molar-refractivity contribution < 1.29 is 14.0 Å². The molecule has 0 radical (unpaired) electrons. The summed E-state index contributed by atoms with van der Waals surface area (Å²) in [5.41, 5.74) is 2.41. The van der Waals surface area contributed by atoms with E-state index in [1.165, 1.54) is 24.3 Å². The lowest BCUT2D eigenvalue weighted by Crippen LogP contribution is -2.19. The standard InChI is InChI=1S/C22H18FNO2/c1-15(22(26)24-20-12-10-19(23)11-13-20)17-8-5-9-18(14-17)21(25)16-6-3-2-4-7-16/h2-15H,1H3,(H,24,26)/t15-/m1/s1. The lowest BCUT2D eigenvalue weighted by atomic mass is 9.95. The zero-order chi connectivity index (χ0) is 18.5. The maximum atomic E-state index is 13.0. The molecular formula is C22H18FNO2. The smallest absolute Gasteiger partial charge is 0.231 e. The van der Waals surface area contributed by atoms with E-state index < -0.39 is 5.92 Å². The molecule has 3 aromatic carbocycles. The van der Waals surface area contributed by atoms with Gasteiger partial charge in [0.05, 0.1) is 5.92 Å². The molecule has 0 saturated heterocycles. The number of hydrogen-bond donors (Lipinski definition) is 1. The number of carbonyl (C=O) groups excluding carboxylic acids is 2. The SMILES string of the molecule is C[C@@H](C(=O)Nc1ccc(F)cc1)c1cccc(C(=O)c2ccccc2)c1. The van der Waals surface area contributed by atoms with Crippen molar-refractivity contribution in [2.24, 2.45) is 0 Å². The number of hydrogen-bond acceptors (Lipinski definition) is 2. The van der Waals surface area contributed by atoms with E-state index in [-0.39, 0.29) is 17.5 Å². The van der Waals surface area contributed by atoms with Crippen LogP contribution < -0.4 is 5.32 Å². The first kappa shape index (κ1) is 17.5. The first-order chi connectivity index (χ1) is 12.5. The van der Waals surface area contributed by atoms with Crippen LogP contribution in [0.4, 0.5) is 10.1 Å². The number of rotatable bonds is 5. The minimum Gasteiger partial charge on any atom is -0.326 e. The van der Waals surface area contributed by atoms with Gasteiger partial charge < -0.3 is 5.32 Å². The first-order valence-corrected chi connectivity index (χ1v) is 8.31. The number of benzene rings is 3. The predicted molar refractivity (Wildman–Crippen MR) is 99.8 cm³/mol. The van der Waals surface area contributed by atoms with E-state index in [9.17, 15) is 14.0 Å². The van der Waals surface area contributed by atoms with Crippen molar-refractivity contribution in [1.29, 1.82) is 0 Å². The summed E-state index contributed by atoms with van der Waals surface area (Å²) in [4.78, 5) is 25.0. The minimum atomic E-state index is -0.455. The van der Waals surface area contributed by atoms with Gasteiger partial charge in [-0.1, -0.05) is 48.5 Å². The molecule has 3 nitrogen and oxygen atoms in total. The Bertz CT molecular complexity index is 920. The Kier molecular flexibility index (Phi) is 5.23. The lowest BCUT2D eigenvalue weighted by Gasteiger charge is -2.13. The maximum Gasteiger partial charge on any atom is 0.231 e. The molecular weight excluding hydrogens is 329 g/mol. The van der Waals surface area contributed by atoms with Crippen molar-refractivity contribution in [3.05, 3.63) is 101 Å². The van der Waals surface area contributed by atoms with Gasteiger partial charge in [-0.2, -0.15) is 0 Å². The molecule has 3 rings (SSSR count). The van der Waals surface area contributed by atoms with Crippen LogP contribution in [-0.4, -0.2) is 11.7 Å². The van der Waals surface area contributed by atoms with E-state index in [1.807, 2.05) is 24.3 Å². The Balaban J connectivity index is 1.77. The van der Waals surface area contributed by atoms with Crippen molar-refractivity contribution >= 4 is 17.4 Å². The highest BCUT2D eigenvalue weighted by atomic mass is 19.1. The summed E-state index contributed by atoms with van der Waals surface area (Å²) in [6.45, 7) is 1.77. The van der Waals surface area contributed by atoms with Crippen LogP contribution in [0.25, 0.3) is 0 Å².